The monoisotopic (exact) mass is 443 g/mol. The zero-order chi connectivity index (χ0) is 22.6. The smallest absolute Gasteiger partial charge is 0.252 e. The highest BCUT2D eigenvalue weighted by Crippen LogP contribution is 2.25. The summed E-state index contributed by atoms with van der Waals surface area (Å²) in [7, 11) is -3.25. The molecule has 0 unspecified atom stereocenters. The molecule has 0 spiro atoms. The molecule has 0 radical (unpaired) electrons. The normalized spacial score (nSPS) is 16.2. The van der Waals surface area contributed by atoms with Gasteiger partial charge in [0, 0.05) is 17.8 Å². The van der Waals surface area contributed by atoms with Crippen LogP contribution in [0.2, 0.25) is 0 Å². The number of benzene rings is 2. The largest absolute Gasteiger partial charge is 0.340 e. The molecule has 0 aliphatic carbocycles. The standard InChI is InChI=1S/C23H29N3O4S/c1-16(2)15-21(25-22(27)20-8-5-4-7-17(20)3)23(28)24-18-9-11-19(12-10-18)26-13-6-14-31(26,29)30/h4-5,7-12,16,21H,6,13-15H2,1-3H3,(H,24,28)(H,25,27)/t21-/m0/s1. The molecule has 2 amide bonds. The molecule has 0 aromatic heterocycles. The molecule has 2 aromatic carbocycles. The maximum absolute atomic E-state index is 12.9. The number of carbonyl (C=O) groups is 2. The first-order chi connectivity index (χ1) is 14.7. The second-order valence-electron chi connectivity index (χ2n) is 8.25. The van der Waals surface area contributed by atoms with Crippen molar-refractivity contribution in [1.29, 1.82) is 0 Å². The minimum Gasteiger partial charge on any atom is -0.340 e. The molecule has 0 bridgehead atoms. The molecule has 2 aromatic rings. The third kappa shape index (κ3) is 5.64. The molecular formula is C23H29N3O4S. The van der Waals surface area contributed by atoms with Crippen LogP contribution in [0.15, 0.2) is 48.5 Å². The summed E-state index contributed by atoms with van der Waals surface area (Å²) < 4.78 is 25.5. The molecule has 2 N–H and O–H groups in total. The van der Waals surface area contributed by atoms with Crippen molar-refractivity contribution in [2.24, 2.45) is 5.92 Å². The molecule has 7 nitrogen and oxygen atoms in total. The van der Waals surface area contributed by atoms with Crippen LogP contribution in [-0.2, 0) is 14.8 Å². The van der Waals surface area contributed by atoms with E-state index >= 15 is 0 Å². The predicted octanol–water partition coefficient (Wildman–Crippen LogP) is 3.32. The molecule has 1 fully saturated rings. The summed E-state index contributed by atoms with van der Waals surface area (Å²) in [6, 6.07) is 13.3. The molecule has 1 aliphatic rings. The third-order valence-corrected chi connectivity index (χ3v) is 7.11. The van der Waals surface area contributed by atoms with E-state index in [0.717, 1.165) is 5.56 Å². The van der Waals surface area contributed by atoms with E-state index in [1.54, 1.807) is 36.4 Å². The number of nitrogens with zero attached hydrogens (tertiary/aromatic N) is 1. The number of hydrogen-bond donors (Lipinski definition) is 2. The SMILES string of the molecule is Cc1ccccc1C(=O)N[C@@H](CC(C)C)C(=O)Nc1ccc(N2CCCS2(=O)=O)cc1. The van der Waals surface area contributed by atoms with Crippen molar-refractivity contribution in [2.45, 2.75) is 39.7 Å². The first-order valence-electron chi connectivity index (χ1n) is 10.4. The van der Waals surface area contributed by atoms with Gasteiger partial charge in [0.05, 0.1) is 11.4 Å². The summed E-state index contributed by atoms with van der Waals surface area (Å²) in [5, 5.41) is 5.69. The number of carbonyl (C=O) groups excluding carboxylic acids is 2. The van der Waals surface area contributed by atoms with E-state index in [9.17, 15) is 18.0 Å². The Morgan fingerprint density at radius 3 is 2.32 bits per heavy atom. The minimum atomic E-state index is -3.25. The highest BCUT2D eigenvalue weighted by atomic mass is 32.2. The molecule has 1 heterocycles. The van der Waals surface area contributed by atoms with Gasteiger partial charge in [0.1, 0.15) is 6.04 Å². The molecule has 1 atom stereocenters. The fourth-order valence-electron chi connectivity index (χ4n) is 3.64. The average Bonchev–Trinajstić information content (AvgIpc) is 3.07. The molecule has 0 saturated carbocycles. The van der Waals surface area contributed by atoms with Gasteiger partial charge in [-0.15, -0.1) is 0 Å². The van der Waals surface area contributed by atoms with Gasteiger partial charge in [-0.25, -0.2) is 8.42 Å². The number of anilines is 2. The van der Waals surface area contributed by atoms with Crippen molar-refractivity contribution in [3.63, 3.8) is 0 Å². The summed E-state index contributed by atoms with van der Waals surface area (Å²) in [4.78, 5) is 25.6. The fourth-order valence-corrected chi connectivity index (χ4v) is 5.20. The zero-order valence-corrected chi connectivity index (χ0v) is 18.9. The topological polar surface area (TPSA) is 95.6 Å². The Kier molecular flexibility index (Phi) is 7.00. The van der Waals surface area contributed by atoms with Crippen molar-refractivity contribution >= 4 is 33.2 Å². The van der Waals surface area contributed by atoms with Gasteiger partial charge in [-0.1, -0.05) is 32.0 Å². The number of hydrogen-bond acceptors (Lipinski definition) is 4. The summed E-state index contributed by atoms with van der Waals surface area (Å²) in [6.07, 6.45) is 1.10. The first kappa shape index (κ1) is 22.8. The van der Waals surface area contributed by atoms with E-state index in [1.807, 2.05) is 32.9 Å². The molecule has 8 heteroatoms. The molecule has 3 rings (SSSR count). The van der Waals surface area contributed by atoms with Crippen LogP contribution in [0.25, 0.3) is 0 Å². The Bertz CT molecular complexity index is 1050. The van der Waals surface area contributed by atoms with Crippen molar-refractivity contribution in [1.82, 2.24) is 5.32 Å². The van der Waals surface area contributed by atoms with Gasteiger partial charge < -0.3 is 10.6 Å². The number of nitrogens with one attached hydrogen (secondary N) is 2. The van der Waals surface area contributed by atoms with E-state index in [4.69, 9.17) is 0 Å². The van der Waals surface area contributed by atoms with Crippen LogP contribution in [0.5, 0.6) is 0 Å². The fraction of sp³-hybridized carbons (Fsp3) is 0.391. The van der Waals surface area contributed by atoms with Gasteiger partial charge in [-0.2, -0.15) is 0 Å². The number of rotatable bonds is 7. The summed E-state index contributed by atoms with van der Waals surface area (Å²) in [5.41, 5.74) is 2.52. The van der Waals surface area contributed by atoms with E-state index < -0.39 is 16.1 Å². The van der Waals surface area contributed by atoms with E-state index in [-0.39, 0.29) is 23.5 Å². The van der Waals surface area contributed by atoms with Crippen LogP contribution in [0.3, 0.4) is 0 Å². The minimum absolute atomic E-state index is 0.156. The molecule has 1 aliphatic heterocycles. The lowest BCUT2D eigenvalue weighted by molar-refractivity contribution is -0.118. The van der Waals surface area contributed by atoms with Crippen molar-refractivity contribution in [2.75, 3.05) is 21.9 Å². The van der Waals surface area contributed by atoms with E-state index in [2.05, 4.69) is 10.6 Å². The second-order valence-corrected chi connectivity index (χ2v) is 10.3. The van der Waals surface area contributed by atoms with Crippen molar-refractivity contribution in [3.8, 4) is 0 Å². The lowest BCUT2D eigenvalue weighted by Crippen LogP contribution is -2.44. The Labute approximate surface area is 183 Å². The Morgan fingerprint density at radius 2 is 1.74 bits per heavy atom. The lowest BCUT2D eigenvalue weighted by Gasteiger charge is -2.21. The quantitative estimate of drug-likeness (QED) is 0.686. The van der Waals surface area contributed by atoms with Gasteiger partial charge in [0.25, 0.3) is 5.91 Å². The zero-order valence-electron chi connectivity index (χ0n) is 18.1. The highest BCUT2D eigenvalue weighted by molar-refractivity contribution is 7.93. The highest BCUT2D eigenvalue weighted by Gasteiger charge is 2.28. The van der Waals surface area contributed by atoms with Gasteiger partial charge in [0.2, 0.25) is 15.9 Å². The van der Waals surface area contributed by atoms with Gasteiger partial charge in [0.15, 0.2) is 0 Å². The molecule has 166 valence electrons. The molecule has 1 saturated heterocycles. The maximum atomic E-state index is 12.9. The van der Waals surface area contributed by atoms with Crippen LogP contribution in [0.1, 0.15) is 42.6 Å². The first-order valence-corrected chi connectivity index (χ1v) is 12.1. The number of sulfonamides is 1. The maximum Gasteiger partial charge on any atom is 0.252 e. The summed E-state index contributed by atoms with van der Waals surface area (Å²) in [5.74, 6) is -0.232. The van der Waals surface area contributed by atoms with Crippen LogP contribution in [-0.4, -0.2) is 38.6 Å². The van der Waals surface area contributed by atoms with Crippen LogP contribution < -0.4 is 14.9 Å². The lowest BCUT2D eigenvalue weighted by atomic mass is 10.0. The summed E-state index contributed by atoms with van der Waals surface area (Å²) in [6.45, 7) is 6.31. The van der Waals surface area contributed by atoms with Crippen molar-refractivity contribution in [3.05, 3.63) is 59.7 Å². The Hall–Kier alpha value is -2.87. The van der Waals surface area contributed by atoms with Crippen LogP contribution in [0, 0.1) is 12.8 Å². The second kappa shape index (κ2) is 9.51. The van der Waals surface area contributed by atoms with Crippen LogP contribution >= 0.6 is 0 Å². The van der Waals surface area contributed by atoms with Gasteiger partial charge in [-0.05, 0) is 61.6 Å². The molecule has 31 heavy (non-hydrogen) atoms. The van der Waals surface area contributed by atoms with Gasteiger partial charge in [-0.3, -0.25) is 13.9 Å². The van der Waals surface area contributed by atoms with E-state index in [1.165, 1.54) is 4.31 Å². The Balaban J connectivity index is 1.70. The molecular weight excluding hydrogens is 414 g/mol. The third-order valence-electron chi connectivity index (χ3n) is 5.24. The average molecular weight is 444 g/mol. The number of aryl methyl sites for hydroxylation is 1. The van der Waals surface area contributed by atoms with E-state index in [0.29, 0.717) is 36.3 Å². The summed E-state index contributed by atoms with van der Waals surface area (Å²) >= 11 is 0. The van der Waals surface area contributed by atoms with Crippen molar-refractivity contribution < 1.29 is 18.0 Å². The van der Waals surface area contributed by atoms with Crippen LogP contribution in [0.4, 0.5) is 11.4 Å². The van der Waals surface area contributed by atoms with Gasteiger partial charge >= 0.3 is 0 Å². The number of amides is 2. The Morgan fingerprint density at radius 1 is 1.06 bits per heavy atom. The predicted molar refractivity (Wildman–Crippen MR) is 123 cm³/mol.